The Kier molecular flexibility index (Phi) is 2.69. The van der Waals surface area contributed by atoms with Gasteiger partial charge in [0, 0.05) is 5.92 Å². The number of nitrogens with zero attached hydrogens (tertiary/aromatic N) is 2. The lowest BCUT2D eigenvalue weighted by atomic mass is 9.77. The van der Waals surface area contributed by atoms with E-state index in [-0.39, 0.29) is 0 Å². The van der Waals surface area contributed by atoms with E-state index in [4.69, 9.17) is 4.52 Å². The Balaban J connectivity index is 1.67. The number of hydrogen-bond acceptors (Lipinski definition) is 4. The van der Waals surface area contributed by atoms with Gasteiger partial charge in [0.25, 0.3) is 0 Å². The van der Waals surface area contributed by atoms with E-state index in [1.807, 2.05) is 0 Å². The van der Waals surface area contributed by atoms with Gasteiger partial charge >= 0.3 is 0 Å². The summed E-state index contributed by atoms with van der Waals surface area (Å²) in [4.78, 5) is 4.40. The van der Waals surface area contributed by atoms with E-state index in [0.29, 0.717) is 24.1 Å². The first-order valence-corrected chi connectivity index (χ1v) is 6.69. The van der Waals surface area contributed by atoms with Gasteiger partial charge in [0.1, 0.15) is 0 Å². The maximum absolute atomic E-state index is 10.5. The summed E-state index contributed by atoms with van der Waals surface area (Å²) in [5, 5.41) is 14.5. The Morgan fingerprint density at radius 1 is 1.41 bits per heavy atom. The van der Waals surface area contributed by atoms with Crippen LogP contribution >= 0.6 is 0 Å². The lowest BCUT2D eigenvalue weighted by molar-refractivity contribution is -0.0180. The van der Waals surface area contributed by atoms with Crippen LogP contribution in [0.1, 0.15) is 63.1 Å². The second-order valence-corrected chi connectivity index (χ2v) is 5.92. The van der Waals surface area contributed by atoms with E-state index in [1.54, 1.807) is 0 Å². The van der Waals surface area contributed by atoms with Gasteiger partial charge in [-0.3, -0.25) is 0 Å². The largest absolute Gasteiger partial charge is 0.389 e. The summed E-state index contributed by atoms with van der Waals surface area (Å²) >= 11 is 0. The summed E-state index contributed by atoms with van der Waals surface area (Å²) in [5.74, 6) is 2.57. The van der Waals surface area contributed by atoms with E-state index in [2.05, 4.69) is 17.1 Å². The first kappa shape index (κ1) is 11.2. The molecule has 0 aromatic carbocycles. The van der Waals surface area contributed by atoms with Gasteiger partial charge in [0.15, 0.2) is 5.82 Å². The van der Waals surface area contributed by atoms with Crippen LogP contribution in [0, 0.1) is 5.92 Å². The van der Waals surface area contributed by atoms with Gasteiger partial charge in [0.05, 0.1) is 12.0 Å². The second kappa shape index (κ2) is 4.09. The van der Waals surface area contributed by atoms with Crippen LogP contribution in [-0.2, 0) is 6.42 Å². The summed E-state index contributed by atoms with van der Waals surface area (Å²) in [6.07, 6.45) is 6.92. The average Bonchev–Trinajstić information content (AvgIpc) is 3.00. The summed E-state index contributed by atoms with van der Waals surface area (Å²) in [6, 6.07) is 0. The van der Waals surface area contributed by atoms with E-state index < -0.39 is 5.60 Å². The van der Waals surface area contributed by atoms with Crippen molar-refractivity contribution in [2.45, 2.75) is 63.4 Å². The summed E-state index contributed by atoms with van der Waals surface area (Å²) in [7, 11) is 0. The molecule has 94 valence electrons. The quantitative estimate of drug-likeness (QED) is 0.875. The number of aliphatic hydroxyl groups is 1. The van der Waals surface area contributed by atoms with Gasteiger partial charge in [-0.1, -0.05) is 24.9 Å². The second-order valence-electron chi connectivity index (χ2n) is 5.92. The van der Waals surface area contributed by atoms with E-state index in [0.717, 1.165) is 25.1 Å². The van der Waals surface area contributed by atoms with Crippen LogP contribution in [0.15, 0.2) is 4.52 Å². The molecule has 2 aliphatic carbocycles. The summed E-state index contributed by atoms with van der Waals surface area (Å²) in [5.41, 5.74) is -0.620. The molecule has 0 bridgehead atoms. The monoisotopic (exact) mass is 236 g/mol. The molecular formula is C13H20N2O2. The third kappa shape index (κ3) is 2.51. The first-order chi connectivity index (χ1) is 8.15. The van der Waals surface area contributed by atoms with Crippen molar-refractivity contribution in [1.82, 2.24) is 10.1 Å². The molecule has 0 unspecified atom stereocenters. The van der Waals surface area contributed by atoms with Gasteiger partial charge in [-0.2, -0.15) is 4.98 Å². The molecular weight excluding hydrogens is 216 g/mol. The molecule has 2 fully saturated rings. The van der Waals surface area contributed by atoms with E-state index >= 15 is 0 Å². The molecule has 4 nitrogen and oxygen atoms in total. The van der Waals surface area contributed by atoms with Crippen molar-refractivity contribution in [1.29, 1.82) is 0 Å². The van der Waals surface area contributed by atoms with Crippen LogP contribution < -0.4 is 0 Å². The number of hydrogen-bond donors (Lipinski definition) is 1. The van der Waals surface area contributed by atoms with Gasteiger partial charge < -0.3 is 9.63 Å². The number of rotatable bonds is 3. The minimum atomic E-state index is -0.620. The zero-order valence-electron chi connectivity index (χ0n) is 10.4. The fourth-order valence-electron chi connectivity index (χ4n) is 2.92. The summed E-state index contributed by atoms with van der Waals surface area (Å²) < 4.78 is 5.25. The molecule has 0 spiro atoms. The first-order valence-electron chi connectivity index (χ1n) is 6.69. The van der Waals surface area contributed by atoms with Gasteiger partial charge in [-0.15, -0.1) is 0 Å². The predicted molar refractivity (Wildman–Crippen MR) is 62.6 cm³/mol. The number of aromatic nitrogens is 2. The molecule has 0 aliphatic heterocycles. The zero-order valence-corrected chi connectivity index (χ0v) is 10.4. The highest BCUT2D eigenvalue weighted by molar-refractivity contribution is 5.04. The highest BCUT2D eigenvalue weighted by atomic mass is 16.5. The molecule has 0 radical (unpaired) electrons. The molecule has 0 saturated heterocycles. The van der Waals surface area contributed by atoms with Crippen molar-refractivity contribution >= 4 is 0 Å². The van der Waals surface area contributed by atoms with Crippen LogP contribution in [0.3, 0.4) is 0 Å². The summed E-state index contributed by atoms with van der Waals surface area (Å²) in [6.45, 7) is 2.20. The van der Waals surface area contributed by atoms with Crippen LogP contribution in [0.2, 0.25) is 0 Å². The van der Waals surface area contributed by atoms with E-state index in [9.17, 15) is 5.11 Å². The topological polar surface area (TPSA) is 59.2 Å². The molecule has 1 aromatic heterocycles. The zero-order chi connectivity index (χ0) is 11.9. The third-order valence-corrected chi connectivity index (χ3v) is 3.97. The molecule has 1 aromatic rings. The Labute approximate surface area is 101 Å². The molecule has 0 amide bonds. The lowest BCUT2D eigenvalue weighted by Crippen LogP contribution is -2.36. The van der Waals surface area contributed by atoms with Crippen molar-refractivity contribution in [3.63, 3.8) is 0 Å². The standard InChI is InChI=1S/C13H20N2O2/c1-9-3-2-6-13(16,7-9)8-11-14-12(15-17-11)10-4-5-10/h9-10,16H,2-8H2,1H3/t9-,13-/m0/s1. The van der Waals surface area contributed by atoms with Crippen molar-refractivity contribution in [2.24, 2.45) is 5.92 Å². The molecule has 4 heteroatoms. The molecule has 3 rings (SSSR count). The van der Waals surface area contributed by atoms with Gasteiger partial charge in [-0.05, 0) is 31.6 Å². The maximum Gasteiger partial charge on any atom is 0.229 e. The van der Waals surface area contributed by atoms with E-state index in [1.165, 1.54) is 19.3 Å². The average molecular weight is 236 g/mol. The van der Waals surface area contributed by atoms with Crippen LogP contribution in [0.4, 0.5) is 0 Å². The molecule has 2 atom stereocenters. The Hall–Kier alpha value is -0.900. The van der Waals surface area contributed by atoms with Crippen molar-refractivity contribution in [3.8, 4) is 0 Å². The SMILES string of the molecule is C[C@H]1CCC[C@@](O)(Cc2nc(C3CC3)no2)C1. The third-order valence-electron chi connectivity index (χ3n) is 3.97. The normalized spacial score (nSPS) is 33.9. The fraction of sp³-hybridized carbons (Fsp3) is 0.846. The maximum atomic E-state index is 10.5. The molecule has 2 saturated carbocycles. The Bertz CT molecular complexity index is 400. The molecule has 1 N–H and O–H groups in total. The van der Waals surface area contributed by atoms with Crippen molar-refractivity contribution < 1.29 is 9.63 Å². The molecule has 17 heavy (non-hydrogen) atoms. The Morgan fingerprint density at radius 2 is 2.24 bits per heavy atom. The minimum Gasteiger partial charge on any atom is -0.389 e. The Morgan fingerprint density at radius 3 is 2.94 bits per heavy atom. The van der Waals surface area contributed by atoms with Crippen molar-refractivity contribution in [2.75, 3.05) is 0 Å². The molecule has 1 heterocycles. The predicted octanol–water partition coefficient (Wildman–Crippen LogP) is 2.43. The van der Waals surface area contributed by atoms with Gasteiger partial charge in [0.2, 0.25) is 5.89 Å². The van der Waals surface area contributed by atoms with Gasteiger partial charge in [-0.25, -0.2) is 0 Å². The molecule has 2 aliphatic rings. The van der Waals surface area contributed by atoms with Crippen LogP contribution in [0.25, 0.3) is 0 Å². The fourth-order valence-corrected chi connectivity index (χ4v) is 2.92. The van der Waals surface area contributed by atoms with Crippen LogP contribution in [-0.4, -0.2) is 20.8 Å². The van der Waals surface area contributed by atoms with Crippen LogP contribution in [0.5, 0.6) is 0 Å². The highest BCUT2D eigenvalue weighted by Crippen LogP contribution is 2.39. The van der Waals surface area contributed by atoms with Crippen molar-refractivity contribution in [3.05, 3.63) is 11.7 Å². The highest BCUT2D eigenvalue weighted by Gasteiger charge is 2.35. The lowest BCUT2D eigenvalue weighted by Gasteiger charge is -2.34. The smallest absolute Gasteiger partial charge is 0.229 e. The minimum absolute atomic E-state index is 0.521.